The van der Waals surface area contributed by atoms with E-state index in [1.807, 2.05) is 36.2 Å². The van der Waals surface area contributed by atoms with E-state index in [2.05, 4.69) is 10.4 Å². The zero-order chi connectivity index (χ0) is 25.2. The third-order valence-electron chi connectivity index (χ3n) is 7.59. The number of rotatable bonds is 7. The maximum atomic E-state index is 13.5. The highest BCUT2D eigenvalue weighted by atomic mass is 16.5. The van der Waals surface area contributed by atoms with E-state index in [1.54, 1.807) is 16.7 Å². The minimum atomic E-state index is -0.168. The first-order valence-corrected chi connectivity index (χ1v) is 13.0. The minimum absolute atomic E-state index is 0.0617. The Bertz CT molecular complexity index is 1140. The van der Waals surface area contributed by atoms with Crippen molar-refractivity contribution in [2.75, 3.05) is 26.7 Å². The van der Waals surface area contributed by atoms with Crippen LogP contribution in [0, 0.1) is 5.92 Å². The summed E-state index contributed by atoms with van der Waals surface area (Å²) in [7, 11) is 3.49. The van der Waals surface area contributed by atoms with Crippen molar-refractivity contribution in [1.82, 2.24) is 24.9 Å². The highest BCUT2D eigenvalue weighted by Gasteiger charge is 2.35. The molecule has 1 aliphatic carbocycles. The van der Waals surface area contributed by atoms with Crippen molar-refractivity contribution in [1.29, 1.82) is 0 Å². The molecule has 5 rings (SSSR count). The largest absolute Gasteiger partial charge is 0.497 e. The molecule has 0 bridgehead atoms. The lowest BCUT2D eigenvalue weighted by atomic mass is 9.96. The molecular weight excluding hydrogens is 458 g/mol. The summed E-state index contributed by atoms with van der Waals surface area (Å²) in [6.45, 7) is 2.06. The first-order chi connectivity index (χ1) is 17.4. The Kier molecular flexibility index (Phi) is 6.98. The Morgan fingerprint density at radius 2 is 1.86 bits per heavy atom. The second-order valence-electron chi connectivity index (χ2n) is 10.2. The number of amides is 3. The topological polar surface area (TPSA) is 96.8 Å². The molecule has 1 aromatic heterocycles. The highest BCUT2D eigenvalue weighted by Crippen LogP contribution is 2.27. The van der Waals surface area contributed by atoms with Crippen LogP contribution < -0.4 is 10.1 Å². The van der Waals surface area contributed by atoms with Crippen molar-refractivity contribution in [2.45, 2.75) is 57.5 Å². The van der Waals surface area contributed by atoms with Gasteiger partial charge in [0.05, 0.1) is 13.0 Å². The fraction of sp³-hybridized carbons (Fsp3) is 0.556. The van der Waals surface area contributed by atoms with Gasteiger partial charge >= 0.3 is 0 Å². The number of methoxy groups -OCH3 is 1. The smallest absolute Gasteiger partial charge is 0.274 e. The van der Waals surface area contributed by atoms with E-state index in [0.29, 0.717) is 57.2 Å². The molecule has 3 amide bonds. The number of hydrogen-bond donors (Lipinski definition) is 1. The fourth-order valence-electron chi connectivity index (χ4n) is 5.25. The number of hydrogen-bond acceptors (Lipinski definition) is 5. The van der Waals surface area contributed by atoms with Crippen LogP contribution in [0.25, 0.3) is 0 Å². The van der Waals surface area contributed by atoms with Gasteiger partial charge in [-0.25, -0.2) is 0 Å². The number of carbonyl (C=O) groups excluding carboxylic acids is 3. The molecule has 9 heteroatoms. The normalized spacial score (nSPS) is 19.6. The summed E-state index contributed by atoms with van der Waals surface area (Å²) in [5, 5.41) is 7.65. The first kappa shape index (κ1) is 24.3. The molecule has 1 saturated carbocycles. The van der Waals surface area contributed by atoms with Gasteiger partial charge in [0.1, 0.15) is 5.75 Å². The summed E-state index contributed by atoms with van der Waals surface area (Å²) in [4.78, 5) is 42.8. The molecule has 192 valence electrons. The lowest BCUT2D eigenvalue weighted by Gasteiger charge is -2.32. The van der Waals surface area contributed by atoms with Gasteiger partial charge in [-0.05, 0) is 49.8 Å². The van der Waals surface area contributed by atoms with Crippen LogP contribution in [-0.2, 0) is 36.0 Å². The molecule has 9 nitrogen and oxygen atoms in total. The van der Waals surface area contributed by atoms with Crippen molar-refractivity contribution >= 4 is 17.7 Å². The third kappa shape index (κ3) is 5.24. The molecule has 0 spiro atoms. The van der Waals surface area contributed by atoms with Crippen LogP contribution in [0.3, 0.4) is 0 Å². The predicted molar refractivity (Wildman–Crippen MR) is 133 cm³/mol. The van der Waals surface area contributed by atoms with Crippen LogP contribution in [0.5, 0.6) is 5.75 Å². The van der Waals surface area contributed by atoms with Crippen LogP contribution in [-0.4, -0.2) is 70.1 Å². The molecule has 2 aliphatic heterocycles. The van der Waals surface area contributed by atoms with Crippen LogP contribution in [0.4, 0.5) is 0 Å². The van der Waals surface area contributed by atoms with E-state index in [-0.39, 0.29) is 23.6 Å². The summed E-state index contributed by atoms with van der Waals surface area (Å²) in [5.41, 5.74) is 3.36. The van der Waals surface area contributed by atoms with Crippen LogP contribution in [0.15, 0.2) is 24.3 Å². The number of likely N-dealkylation sites (tertiary alicyclic amines) is 1. The molecule has 2 fully saturated rings. The third-order valence-corrected chi connectivity index (χ3v) is 7.59. The molecule has 1 saturated heterocycles. The second-order valence-corrected chi connectivity index (χ2v) is 10.2. The average Bonchev–Trinajstić information content (AvgIpc) is 3.67. The van der Waals surface area contributed by atoms with E-state index in [0.717, 1.165) is 48.3 Å². The number of fused-ring (bicyclic) bond motifs is 1. The second kappa shape index (κ2) is 10.3. The molecule has 1 aromatic carbocycles. The van der Waals surface area contributed by atoms with Gasteiger partial charge in [0, 0.05) is 63.4 Å². The van der Waals surface area contributed by atoms with Crippen molar-refractivity contribution in [3.05, 3.63) is 46.8 Å². The number of aryl methyl sites for hydroxylation is 2. The van der Waals surface area contributed by atoms with Crippen molar-refractivity contribution < 1.29 is 19.1 Å². The summed E-state index contributed by atoms with van der Waals surface area (Å²) >= 11 is 0. The quantitative estimate of drug-likeness (QED) is 0.637. The maximum Gasteiger partial charge on any atom is 0.274 e. The van der Waals surface area contributed by atoms with E-state index >= 15 is 0 Å². The molecule has 3 heterocycles. The van der Waals surface area contributed by atoms with Gasteiger partial charge in [0.2, 0.25) is 11.8 Å². The van der Waals surface area contributed by atoms with E-state index < -0.39 is 0 Å². The summed E-state index contributed by atoms with van der Waals surface area (Å²) in [6, 6.07) is 8.09. The summed E-state index contributed by atoms with van der Waals surface area (Å²) in [6.07, 6.45) is 5.45. The zero-order valence-corrected chi connectivity index (χ0v) is 21.2. The van der Waals surface area contributed by atoms with Crippen molar-refractivity contribution in [2.24, 2.45) is 13.0 Å². The fourth-order valence-corrected chi connectivity index (χ4v) is 5.25. The van der Waals surface area contributed by atoms with Gasteiger partial charge in [0.25, 0.3) is 5.91 Å². The Morgan fingerprint density at radius 3 is 2.58 bits per heavy atom. The average molecular weight is 494 g/mol. The van der Waals surface area contributed by atoms with Crippen molar-refractivity contribution in [3.63, 3.8) is 0 Å². The van der Waals surface area contributed by atoms with Crippen LogP contribution in [0.2, 0.25) is 0 Å². The van der Waals surface area contributed by atoms with Gasteiger partial charge < -0.3 is 19.9 Å². The zero-order valence-electron chi connectivity index (χ0n) is 21.2. The van der Waals surface area contributed by atoms with Crippen LogP contribution in [0.1, 0.15) is 59.4 Å². The number of aromatic nitrogens is 2. The van der Waals surface area contributed by atoms with E-state index in [9.17, 15) is 14.4 Å². The molecule has 2 aromatic rings. The van der Waals surface area contributed by atoms with Gasteiger partial charge in [-0.15, -0.1) is 0 Å². The maximum absolute atomic E-state index is 13.5. The molecule has 36 heavy (non-hydrogen) atoms. The monoisotopic (exact) mass is 493 g/mol. The first-order valence-electron chi connectivity index (χ1n) is 13.0. The van der Waals surface area contributed by atoms with Gasteiger partial charge in [-0.1, -0.05) is 12.1 Å². The van der Waals surface area contributed by atoms with E-state index in [4.69, 9.17) is 4.74 Å². The Balaban J connectivity index is 1.23. The molecule has 1 N–H and O–H groups in total. The summed E-state index contributed by atoms with van der Waals surface area (Å²) in [5.74, 6) is 0.633. The molecule has 0 radical (unpaired) electrons. The Morgan fingerprint density at radius 1 is 1.08 bits per heavy atom. The van der Waals surface area contributed by atoms with Gasteiger partial charge in [-0.2, -0.15) is 5.10 Å². The number of piperidine rings is 1. The van der Waals surface area contributed by atoms with Gasteiger partial charge in [0.15, 0.2) is 5.69 Å². The Hall–Kier alpha value is -3.36. The molecular formula is C27H35N5O4. The number of benzene rings is 1. The minimum Gasteiger partial charge on any atom is -0.497 e. The highest BCUT2D eigenvalue weighted by molar-refractivity contribution is 5.95. The van der Waals surface area contributed by atoms with Crippen molar-refractivity contribution in [3.8, 4) is 5.75 Å². The van der Waals surface area contributed by atoms with E-state index in [1.165, 1.54) is 0 Å². The van der Waals surface area contributed by atoms with Crippen LogP contribution >= 0.6 is 0 Å². The number of nitrogens with zero attached hydrogens (tertiary/aromatic N) is 4. The molecule has 1 atom stereocenters. The SMILES string of the molecule is COc1ccc(CCC(=O)N2CCc3c(c(C(=O)N4CCC[C@@H](C(=O)NC5CC5)C4)nn3C)C2)cc1. The lowest BCUT2D eigenvalue weighted by molar-refractivity contribution is -0.132. The number of carbonyl (C=O) groups is 3. The summed E-state index contributed by atoms with van der Waals surface area (Å²) < 4.78 is 6.98. The van der Waals surface area contributed by atoms with Gasteiger partial charge in [-0.3, -0.25) is 19.1 Å². The predicted octanol–water partition coefficient (Wildman–Crippen LogP) is 2.08. The molecule has 0 unspecified atom stereocenters. The standard InChI is InChI=1S/C27H35N5O4/c1-30-23-13-15-31(24(33)12-7-18-5-10-21(36-2)11-6-18)17-22(23)25(29-30)27(35)32-14-3-4-19(16-32)26(34)28-20-8-9-20/h5-6,10-11,19-20H,3-4,7-9,12-17H2,1-2H3,(H,28,34)/t19-/m1/s1. The number of ether oxygens (including phenoxy) is 1. The lowest BCUT2D eigenvalue weighted by Crippen LogP contribution is -2.46. The Labute approximate surface area is 211 Å². The molecule has 3 aliphatic rings. The number of nitrogens with one attached hydrogen (secondary N) is 1.